The van der Waals surface area contributed by atoms with Gasteiger partial charge < -0.3 is 4.18 Å². The van der Waals surface area contributed by atoms with Crippen LogP contribution in [0.5, 0.6) is 0 Å². The lowest BCUT2D eigenvalue weighted by Gasteiger charge is -2.37. The first-order valence-corrected chi connectivity index (χ1v) is 7.18. The topological polar surface area (TPSA) is 9.23 Å². The lowest BCUT2D eigenvalue weighted by atomic mass is 9.73. The first kappa shape index (κ1) is 11.8. The molecule has 0 aliphatic carbocycles. The van der Waals surface area contributed by atoms with Gasteiger partial charge in [0.1, 0.15) is 0 Å². The third kappa shape index (κ3) is 2.06. The van der Waals surface area contributed by atoms with Gasteiger partial charge in [0.2, 0.25) is 0 Å². The molecule has 0 aromatic heterocycles. The molecule has 1 aliphatic heterocycles. The maximum absolute atomic E-state index is 5.48. The molecule has 0 unspecified atom stereocenters. The van der Waals surface area contributed by atoms with E-state index in [4.69, 9.17) is 4.18 Å². The minimum atomic E-state index is 0.103. The molecule has 92 valence electrons. The normalized spacial score (nSPS) is 18.4. The quantitative estimate of drug-likeness (QED) is 0.750. The molecular weight excluding hydrogens is 240 g/mol. The van der Waals surface area contributed by atoms with Crippen LogP contribution in [-0.4, -0.2) is 12.4 Å². The molecule has 3 rings (SSSR count). The Labute approximate surface area is 112 Å². The Morgan fingerprint density at radius 2 is 1.39 bits per heavy atom. The third-order valence-electron chi connectivity index (χ3n) is 3.65. The molecule has 1 aliphatic rings. The zero-order chi connectivity index (χ0) is 12.3. The zero-order valence-corrected chi connectivity index (χ0v) is 11.0. The summed E-state index contributed by atoms with van der Waals surface area (Å²) < 4.78 is 5.48. The lowest BCUT2D eigenvalue weighted by molar-refractivity contribution is 0.297. The van der Waals surface area contributed by atoms with Crippen molar-refractivity contribution in [1.29, 1.82) is 0 Å². The summed E-state index contributed by atoms with van der Waals surface area (Å²) in [5.74, 6) is 0.987. The molecule has 0 N–H and O–H groups in total. The second-order valence-corrected chi connectivity index (χ2v) is 5.41. The average molecular weight is 256 g/mol. The van der Waals surface area contributed by atoms with Gasteiger partial charge in [-0.25, -0.2) is 0 Å². The van der Waals surface area contributed by atoms with E-state index in [0.717, 1.165) is 18.8 Å². The van der Waals surface area contributed by atoms with E-state index < -0.39 is 0 Å². The predicted molar refractivity (Wildman–Crippen MR) is 76.7 cm³/mol. The van der Waals surface area contributed by atoms with Crippen LogP contribution in [0, 0.1) is 0 Å². The van der Waals surface area contributed by atoms with Crippen LogP contribution in [0.3, 0.4) is 0 Å². The van der Waals surface area contributed by atoms with Crippen LogP contribution in [0.25, 0.3) is 0 Å². The first-order valence-electron chi connectivity index (χ1n) is 6.27. The molecule has 2 heteroatoms. The summed E-state index contributed by atoms with van der Waals surface area (Å²) in [6.45, 7) is 0.814. The van der Waals surface area contributed by atoms with Crippen LogP contribution in [0.1, 0.15) is 17.5 Å². The smallest absolute Gasteiger partial charge is 0.0625 e. The molecule has 18 heavy (non-hydrogen) atoms. The van der Waals surface area contributed by atoms with Gasteiger partial charge >= 0.3 is 0 Å². The predicted octanol–water partition coefficient (Wildman–Crippen LogP) is 4.04. The molecule has 0 saturated carbocycles. The van der Waals surface area contributed by atoms with E-state index in [1.165, 1.54) is 11.1 Å². The van der Waals surface area contributed by atoms with Crippen molar-refractivity contribution >= 4 is 12.0 Å². The Morgan fingerprint density at radius 1 is 0.833 bits per heavy atom. The summed E-state index contributed by atoms with van der Waals surface area (Å²) in [6.07, 6.45) is 1.05. The van der Waals surface area contributed by atoms with Crippen molar-refractivity contribution in [3.8, 4) is 0 Å². The molecule has 0 spiro atoms. The van der Waals surface area contributed by atoms with E-state index in [9.17, 15) is 0 Å². The van der Waals surface area contributed by atoms with Gasteiger partial charge in [0.05, 0.1) is 6.61 Å². The first-order chi connectivity index (χ1) is 8.92. The molecule has 1 nitrogen and oxygen atoms in total. The van der Waals surface area contributed by atoms with Crippen molar-refractivity contribution in [2.24, 2.45) is 0 Å². The number of benzene rings is 2. The van der Waals surface area contributed by atoms with Crippen LogP contribution in [-0.2, 0) is 9.60 Å². The van der Waals surface area contributed by atoms with Crippen LogP contribution >= 0.6 is 12.0 Å². The van der Waals surface area contributed by atoms with Crippen LogP contribution in [0.15, 0.2) is 60.7 Å². The highest BCUT2D eigenvalue weighted by Crippen LogP contribution is 2.41. The van der Waals surface area contributed by atoms with Crippen molar-refractivity contribution in [1.82, 2.24) is 0 Å². The van der Waals surface area contributed by atoms with Gasteiger partial charge in [0.25, 0.3) is 0 Å². The molecule has 2 aromatic carbocycles. The fraction of sp³-hybridized carbons (Fsp3) is 0.250. The SMILES string of the molecule is c1ccc(C2(c3ccccc3)CCOSC2)cc1. The molecule has 1 saturated heterocycles. The van der Waals surface area contributed by atoms with Gasteiger partial charge in [-0.05, 0) is 29.6 Å². The summed E-state index contributed by atoms with van der Waals surface area (Å²) >= 11 is 1.59. The van der Waals surface area contributed by atoms with Crippen molar-refractivity contribution in [2.75, 3.05) is 12.4 Å². The van der Waals surface area contributed by atoms with Crippen LogP contribution in [0.4, 0.5) is 0 Å². The Morgan fingerprint density at radius 3 is 1.83 bits per heavy atom. The maximum Gasteiger partial charge on any atom is 0.0625 e. The van der Waals surface area contributed by atoms with E-state index in [2.05, 4.69) is 60.7 Å². The molecule has 0 radical (unpaired) electrons. The number of hydrogen-bond donors (Lipinski definition) is 0. The van der Waals surface area contributed by atoms with E-state index in [1.54, 1.807) is 12.0 Å². The molecule has 1 fully saturated rings. The highest BCUT2D eigenvalue weighted by atomic mass is 32.2. The average Bonchev–Trinajstić information content (AvgIpc) is 2.50. The molecule has 1 heterocycles. The van der Waals surface area contributed by atoms with Gasteiger partial charge in [0.15, 0.2) is 0 Å². The van der Waals surface area contributed by atoms with Crippen molar-refractivity contribution in [2.45, 2.75) is 11.8 Å². The summed E-state index contributed by atoms with van der Waals surface area (Å²) in [7, 11) is 0. The Hall–Kier alpha value is -1.25. The van der Waals surface area contributed by atoms with Crippen LogP contribution < -0.4 is 0 Å². The van der Waals surface area contributed by atoms with E-state index in [-0.39, 0.29) is 5.41 Å². The maximum atomic E-state index is 5.48. The third-order valence-corrected chi connectivity index (χ3v) is 4.60. The Bertz CT molecular complexity index is 448. The zero-order valence-electron chi connectivity index (χ0n) is 10.2. The monoisotopic (exact) mass is 256 g/mol. The van der Waals surface area contributed by atoms with Crippen LogP contribution in [0.2, 0.25) is 0 Å². The highest BCUT2D eigenvalue weighted by Gasteiger charge is 2.36. The van der Waals surface area contributed by atoms with Crippen molar-refractivity contribution in [3.63, 3.8) is 0 Å². The highest BCUT2D eigenvalue weighted by molar-refractivity contribution is 7.94. The van der Waals surface area contributed by atoms with Gasteiger partial charge in [-0.15, -0.1) is 0 Å². The minimum Gasteiger partial charge on any atom is -0.315 e. The number of hydrogen-bond acceptors (Lipinski definition) is 2. The van der Waals surface area contributed by atoms with Crippen molar-refractivity contribution in [3.05, 3.63) is 71.8 Å². The summed E-state index contributed by atoms with van der Waals surface area (Å²) in [6, 6.07) is 21.6. The molecule has 2 aromatic rings. The second kappa shape index (κ2) is 5.17. The fourth-order valence-corrected chi connectivity index (χ4v) is 3.59. The van der Waals surface area contributed by atoms with E-state index in [1.807, 2.05) is 0 Å². The van der Waals surface area contributed by atoms with Crippen molar-refractivity contribution < 1.29 is 4.18 Å². The Balaban J connectivity index is 2.10. The van der Waals surface area contributed by atoms with Gasteiger partial charge in [0, 0.05) is 11.2 Å². The molecule has 0 atom stereocenters. The molecule has 0 amide bonds. The molecule has 0 bridgehead atoms. The molecular formula is C16H16OS. The largest absolute Gasteiger partial charge is 0.315 e. The van der Waals surface area contributed by atoms with Gasteiger partial charge in [-0.1, -0.05) is 60.7 Å². The minimum absolute atomic E-state index is 0.103. The Kier molecular flexibility index (Phi) is 3.39. The second-order valence-electron chi connectivity index (χ2n) is 4.65. The lowest BCUT2D eigenvalue weighted by Crippen LogP contribution is -2.35. The summed E-state index contributed by atoms with van der Waals surface area (Å²) in [5.41, 5.74) is 2.89. The number of rotatable bonds is 2. The van der Waals surface area contributed by atoms with Gasteiger partial charge in [-0.2, -0.15) is 0 Å². The van der Waals surface area contributed by atoms with E-state index in [0.29, 0.717) is 0 Å². The van der Waals surface area contributed by atoms with E-state index >= 15 is 0 Å². The fourth-order valence-electron chi connectivity index (χ4n) is 2.63. The standard InChI is InChI=1S/C16H16OS/c1-3-7-14(8-4-1)16(11-12-17-18-13-16)15-9-5-2-6-10-15/h1-10H,11-13H2. The summed E-state index contributed by atoms with van der Waals surface area (Å²) in [4.78, 5) is 0. The summed E-state index contributed by atoms with van der Waals surface area (Å²) in [5, 5.41) is 0. The van der Waals surface area contributed by atoms with Gasteiger partial charge in [-0.3, -0.25) is 0 Å².